The van der Waals surface area contributed by atoms with Crippen LogP contribution in [0, 0.1) is 17.4 Å². The first-order valence-corrected chi connectivity index (χ1v) is 5.03. The van der Waals surface area contributed by atoms with E-state index >= 15 is 0 Å². The molecule has 0 spiro atoms. The molecule has 81 valence electrons. The van der Waals surface area contributed by atoms with E-state index in [9.17, 15) is 4.79 Å². The zero-order valence-electron chi connectivity index (χ0n) is 8.97. The predicted molar refractivity (Wildman–Crippen MR) is 63.9 cm³/mol. The lowest BCUT2D eigenvalue weighted by molar-refractivity contribution is 0.100. The fourth-order valence-corrected chi connectivity index (χ4v) is 1.61. The molecule has 2 rings (SSSR count). The van der Waals surface area contributed by atoms with E-state index in [1.165, 1.54) is 0 Å². The average Bonchev–Trinajstić information content (AvgIpc) is 2.39. The summed E-state index contributed by atoms with van der Waals surface area (Å²) in [6, 6.07) is 16.9. The number of amides is 1. The quantitative estimate of drug-likeness (QED) is 0.844. The van der Waals surface area contributed by atoms with Gasteiger partial charge in [-0.3, -0.25) is 4.79 Å². The molecule has 2 aromatic rings. The number of carbonyl (C=O) groups excluding carboxylic acids is 1. The highest BCUT2D eigenvalue weighted by atomic mass is 16.1. The third-order valence-corrected chi connectivity index (χ3v) is 2.45. The Morgan fingerprint density at radius 1 is 1.24 bits per heavy atom. The molecule has 0 fully saturated rings. The van der Waals surface area contributed by atoms with Crippen LogP contribution in [0.25, 0.3) is 11.1 Å². The normalized spacial score (nSPS) is 9.59. The summed E-state index contributed by atoms with van der Waals surface area (Å²) in [4.78, 5) is 11.3. The van der Waals surface area contributed by atoms with E-state index < -0.39 is 5.91 Å². The molecule has 0 saturated carbocycles. The van der Waals surface area contributed by atoms with Crippen molar-refractivity contribution in [2.75, 3.05) is 0 Å². The van der Waals surface area contributed by atoms with Gasteiger partial charge in [-0.1, -0.05) is 24.3 Å². The van der Waals surface area contributed by atoms with Crippen molar-refractivity contribution in [1.82, 2.24) is 0 Å². The molecule has 0 unspecified atom stereocenters. The highest BCUT2D eigenvalue weighted by molar-refractivity contribution is 5.99. The first-order chi connectivity index (χ1) is 8.22. The van der Waals surface area contributed by atoms with Gasteiger partial charge >= 0.3 is 0 Å². The van der Waals surface area contributed by atoms with Crippen molar-refractivity contribution in [2.45, 2.75) is 0 Å². The smallest absolute Gasteiger partial charge is 0.249 e. The van der Waals surface area contributed by atoms with E-state index in [0.29, 0.717) is 11.1 Å². The van der Waals surface area contributed by atoms with Gasteiger partial charge in [-0.2, -0.15) is 5.26 Å². The Morgan fingerprint density at radius 3 is 2.53 bits per heavy atom. The topological polar surface area (TPSA) is 66.9 Å². The minimum Gasteiger partial charge on any atom is -0.366 e. The van der Waals surface area contributed by atoms with Crippen LogP contribution in [-0.4, -0.2) is 5.91 Å². The van der Waals surface area contributed by atoms with Gasteiger partial charge in [0, 0.05) is 5.56 Å². The Bertz CT molecular complexity index is 594. The van der Waals surface area contributed by atoms with Gasteiger partial charge in [-0.15, -0.1) is 0 Å². The van der Waals surface area contributed by atoms with Crippen LogP contribution in [-0.2, 0) is 0 Å². The Kier molecular flexibility index (Phi) is 2.89. The number of carbonyl (C=O) groups is 1. The molecule has 0 aliphatic carbocycles. The van der Waals surface area contributed by atoms with Crippen molar-refractivity contribution in [1.29, 1.82) is 5.26 Å². The summed E-state index contributed by atoms with van der Waals surface area (Å²) in [6.45, 7) is 0. The summed E-state index contributed by atoms with van der Waals surface area (Å²) in [5, 5.41) is 8.71. The Morgan fingerprint density at radius 2 is 1.94 bits per heavy atom. The van der Waals surface area contributed by atoms with Crippen molar-refractivity contribution in [3.63, 3.8) is 0 Å². The van der Waals surface area contributed by atoms with Gasteiger partial charge in [0.05, 0.1) is 11.6 Å². The van der Waals surface area contributed by atoms with E-state index in [0.717, 1.165) is 11.1 Å². The number of nitrogens with two attached hydrogens (primary N) is 1. The predicted octanol–water partition coefficient (Wildman–Crippen LogP) is 2.12. The summed E-state index contributed by atoms with van der Waals surface area (Å²) in [7, 11) is 0. The van der Waals surface area contributed by atoms with Crippen LogP contribution in [0.2, 0.25) is 0 Å². The molecule has 3 nitrogen and oxygen atoms in total. The monoisotopic (exact) mass is 221 g/mol. The Balaban J connectivity index is 2.53. The molecule has 0 atom stereocenters. The minimum absolute atomic E-state index is 0.428. The fourth-order valence-electron chi connectivity index (χ4n) is 1.61. The van der Waals surface area contributed by atoms with Gasteiger partial charge in [-0.05, 0) is 35.4 Å². The maximum Gasteiger partial charge on any atom is 0.249 e. The first-order valence-electron chi connectivity index (χ1n) is 5.03. The molecular weight excluding hydrogens is 212 g/mol. The van der Waals surface area contributed by atoms with E-state index in [4.69, 9.17) is 11.0 Å². The SMILES string of the molecule is N#Cc1ccc(-c2cc[c]cc2C(N)=O)cc1. The number of hydrogen-bond acceptors (Lipinski definition) is 2. The molecular formula is C14H9N2O. The summed E-state index contributed by atoms with van der Waals surface area (Å²) in [5.74, 6) is -0.485. The first kappa shape index (κ1) is 10.9. The van der Waals surface area contributed by atoms with Gasteiger partial charge < -0.3 is 5.73 Å². The molecule has 1 amide bonds. The molecule has 0 aromatic heterocycles. The Hall–Kier alpha value is -2.60. The highest BCUT2D eigenvalue weighted by Gasteiger charge is 2.08. The zero-order chi connectivity index (χ0) is 12.3. The molecule has 3 heteroatoms. The second-order valence-corrected chi connectivity index (χ2v) is 3.53. The Labute approximate surface area is 99.1 Å². The van der Waals surface area contributed by atoms with Crippen molar-refractivity contribution in [3.8, 4) is 17.2 Å². The average molecular weight is 221 g/mol. The number of benzene rings is 2. The molecule has 0 heterocycles. The van der Waals surface area contributed by atoms with Crippen LogP contribution in [0.15, 0.2) is 42.5 Å². The molecule has 0 saturated heterocycles. The maximum atomic E-state index is 11.3. The largest absolute Gasteiger partial charge is 0.366 e. The lowest BCUT2D eigenvalue weighted by atomic mass is 9.98. The van der Waals surface area contributed by atoms with Gasteiger partial charge in [0.2, 0.25) is 5.91 Å². The van der Waals surface area contributed by atoms with Gasteiger partial charge in [0.1, 0.15) is 0 Å². The third-order valence-electron chi connectivity index (χ3n) is 2.45. The zero-order valence-corrected chi connectivity index (χ0v) is 8.97. The van der Waals surface area contributed by atoms with Crippen molar-refractivity contribution >= 4 is 5.91 Å². The number of primary amides is 1. The van der Waals surface area contributed by atoms with Crippen molar-refractivity contribution in [2.24, 2.45) is 5.73 Å². The molecule has 0 bridgehead atoms. The standard InChI is InChI=1S/C14H9N2O/c15-9-10-5-7-11(8-6-10)12-3-1-2-4-13(12)14(16)17/h1,3-8H,(H2,16,17). The maximum absolute atomic E-state index is 11.3. The van der Waals surface area contributed by atoms with Crippen LogP contribution in [0.5, 0.6) is 0 Å². The van der Waals surface area contributed by atoms with Crippen molar-refractivity contribution in [3.05, 3.63) is 59.7 Å². The summed E-state index contributed by atoms with van der Waals surface area (Å²) < 4.78 is 0. The number of rotatable bonds is 2. The summed E-state index contributed by atoms with van der Waals surface area (Å²) in [6.07, 6.45) is 0. The van der Waals surface area contributed by atoms with Crippen LogP contribution < -0.4 is 5.73 Å². The highest BCUT2D eigenvalue weighted by Crippen LogP contribution is 2.23. The van der Waals surface area contributed by atoms with E-state index in [2.05, 4.69) is 6.07 Å². The van der Waals surface area contributed by atoms with E-state index in [-0.39, 0.29) is 0 Å². The van der Waals surface area contributed by atoms with E-state index in [1.807, 2.05) is 6.07 Å². The van der Waals surface area contributed by atoms with Crippen LogP contribution in [0.3, 0.4) is 0 Å². The van der Waals surface area contributed by atoms with E-state index in [1.54, 1.807) is 42.5 Å². The molecule has 2 aromatic carbocycles. The number of nitriles is 1. The van der Waals surface area contributed by atoms with Crippen molar-refractivity contribution < 1.29 is 4.79 Å². The molecule has 1 radical (unpaired) electrons. The minimum atomic E-state index is -0.485. The lowest BCUT2D eigenvalue weighted by Gasteiger charge is -2.06. The van der Waals surface area contributed by atoms with Gasteiger partial charge in [0.25, 0.3) is 0 Å². The van der Waals surface area contributed by atoms with Crippen LogP contribution >= 0.6 is 0 Å². The summed E-state index contributed by atoms with van der Waals surface area (Å²) >= 11 is 0. The molecule has 0 aliphatic rings. The lowest BCUT2D eigenvalue weighted by Crippen LogP contribution is -2.12. The molecule has 2 N–H and O–H groups in total. The van der Waals surface area contributed by atoms with Gasteiger partial charge in [0.15, 0.2) is 0 Å². The van der Waals surface area contributed by atoms with Crippen LogP contribution in [0.4, 0.5) is 0 Å². The molecule has 0 aliphatic heterocycles. The third kappa shape index (κ3) is 2.16. The fraction of sp³-hybridized carbons (Fsp3) is 0. The number of hydrogen-bond donors (Lipinski definition) is 1. The second-order valence-electron chi connectivity index (χ2n) is 3.53. The second kappa shape index (κ2) is 4.50. The van der Waals surface area contributed by atoms with Gasteiger partial charge in [-0.25, -0.2) is 0 Å². The number of nitrogens with zero attached hydrogens (tertiary/aromatic N) is 1. The molecule has 17 heavy (non-hydrogen) atoms. The van der Waals surface area contributed by atoms with Crippen LogP contribution in [0.1, 0.15) is 15.9 Å². The summed E-state index contributed by atoms with van der Waals surface area (Å²) in [5.41, 5.74) is 7.91.